The molecule has 0 aromatic heterocycles. The van der Waals surface area contributed by atoms with Gasteiger partial charge in [0, 0.05) is 19.5 Å². The average molecular weight is 355 g/mol. The zero-order valence-corrected chi connectivity index (χ0v) is 15.7. The largest absolute Gasteiger partial charge is 0.494 e. The monoisotopic (exact) mass is 354 g/mol. The second kappa shape index (κ2) is 11.3. The van der Waals surface area contributed by atoms with Crippen molar-refractivity contribution in [3.05, 3.63) is 29.8 Å². The van der Waals surface area contributed by atoms with Crippen molar-refractivity contribution in [2.45, 2.75) is 39.0 Å². The molecule has 0 aliphatic carbocycles. The van der Waals surface area contributed by atoms with E-state index in [1.165, 1.54) is 5.56 Å². The molecular weight excluding hydrogens is 324 g/mol. The van der Waals surface area contributed by atoms with Crippen LogP contribution >= 0.6 is 12.4 Å². The van der Waals surface area contributed by atoms with Crippen LogP contribution in [0.1, 0.15) is 37.7 Å². The predicted octanol–water partition coefficient (Wildman–Crippen LogP) is 3.42. The number of halogens is 1. The van der Waals surface area contributed by atoms with Crippen LogP contribution in [0.5, 0.6) is 5.75 Å². The Morgan fingerprint density at radius 1 is 1.29 bits per heavy atom. The van der Waals surface area contributed by atoms with Crippen LogP contribution in [0, 0.1) is 12.8 Å². The van der Waals surface area contributed by atoms with E-state index in [4.69, 9.17) is 4.74 Å². The highest BCUT2D eigenvalue weighted by Crippen LogP contribution is 2.18. The maximum absolute atomic E-state index is 12.2. The van der Waals surface area contributed by atoms with Gasteiger partial charge in [-0.25, -0.2) is 0 Å². The van der Waals surface area contributed by atoms with Crippen molar-refractivity contribution in [2.24, 2.45) is 5.92 Å². The summed E-state index contributed by atoms with van der Waals surface area (Å²) >= 11 is 0. The van der Waals surface area contributed by atoms with E-state index in [-0.39, 0.29) is 12.4 Å². The predicted molar refractivity (Wildman–Crippen MR) is 101 cm³/mol. The van der Waals surface area contributed by atoms with E-state index in [1.54, 1.807) is 0 Å². The van der Waals surface area contributed by atoms with E-state index in [9.17, 15) is 4.79 Å². The van der Waals surface area contributed by atoms with Crippen molar-refractivity contribution in [1.82, 2.24) is 10.2 Å². The minimum absolute atomic E-state index is 0. The van der Waals surface area contributed by atoms with Gasteiger partial charge in [-0.05, 0) is 69.8 Å². The van der Waals surface area contributed by atoms with Crippen molar-refractivity contribution in [3.8, 4) is 5.75 Å². The van der Waals surface area contributed by atoms with Gasteiger partial charge in [-0.3, -0.25) is 4.79 Å². The van der Waals surface area contributed by atoms with E-state index < -0.39 is 0 Å². The number of carbonyl (C=O) groups excluding carboxylic acids is 1. The Morgan fingerprint density at radius 3 is 2.71 bits per heavy atom. The SMILES string of the molecule is CNCC1CCN(C(=O)CCCCOc2cccc(C)c2)CC1.Cl. The Labute approximate surface area is 152 Å². The summed E-state index contributed by atoms with van der Waals surface area (Å²) in [5.41, 5.74) is 1.21. The molecule has 1 saturated heterocycles. The van der Waals surface area contributed by atoms with Gasteiger partial charge in [-0.2, -0.15) is 0 Å². The summed E-state index contributed by atoms with van der Waals surface area (Å²) in [5, 5.41) is 3.23. The number of ether oxygens (including phenoxy) is 1. The lowest BCUT2D eigenvalue weighted by molar-refractivity contribution is -0.132. The van der Waals surface area contributed by atoms with Crippen molar-refractivity contribution in [2.75, 3.05) is 33.3 Å². The molecule has 1 aromatic carbocycles. The molecule has 1 aromatic rings. The van der Waals surface area contributed by atoms with E-state index in [1.807, 2.05) is 30.1 Å². The average Bonchev–Trinajstić information content (AvgIpc) is 2.55. The first-order chi connectivity index (χ1) is 11.2. The summed E-state index contributed by atoms with van der Waals surface area (Å²) in [6.07, 6.45) is 4.73. The molecule has 1 heterocycles. The lowest BCUT2D eigenvalue weighted by Gasteiger charge is -2.32. The number of hydrogen-bond acceptors (Lipinski definition) is 3. The molecule has 24 heavy (non-hydrogen) atoms. The minimum atomic E-state index is 0. The van der Waals surface area contributed by atoms with Crippen molar-refractivity contribution >= 4 is 18.3 Å². The number of nitrogens with zero attached hydrogens (tertiary/aromatic N) is 1. The first-order valence-electron chi connectivity index (χ1n) is 8.81. The lowest BCUT2D eigenvalue weighted by Crippen LogP contribution is -2.40. The second-order valence-electron chi connectivity index (χ2n) is 6.50. The normalized spacial score (nSPS) is 15.0. The standard InChI is InChI=1S/C19H30N2O2.ClH/c1-16-6-5-7-18(14-16)23-13-4-3-8-19(22)21-11-9-17(10-12-21)15-20-2;/h5-7,14,17,20H,3-4,8-13,15H2,1-2H3;1H. The number of unbranched alkanes of at least 4 members (excludes halogenated alkanes) is 1. The summed E-state index contributed by atoms with van der Waals surface area (Å²) in [6.45, 7) is 5.65. The van der Waals surface area contributed by atoms with Gasteiger partial charge in [0.1, 0.15) is 5.75 Å². The van der Waals surface area contributed by atoms with Crippen LogP contribution in [0.4, 0.5) is 0 Å². The Kier molecular flexibility index (Phi) is 9.80. The number of nitrogens with one attached hydrogen (secondary N) is 1. The van der Waals surface area contributed by atoms with Gasteiger partial charge in [-0.15, -0.1) is 12.4 Å². The fraction of sp³-hybridized carbons (Fsp3) is 0.632. The van der Waals surface area contributed by atoms with Gasteiger partial charge in [0.05, 0.1) is 6.61 Å². The lowest BCUT2D eigenvalue weighted by atomic mass is 9.96. The quantitative estimate of drug-likeness (QED) is 0.727. The number of piperidine rings is 1. The molecule has 0 atom stereocenters. The molecule has 4 nitrogen and oxygen atoms in total. The minimum Gasteiger partial charge on any atom is -0.494 e. The molecule has 0 spiro atoms. The molecule has 1 aliphatic rings. The number of amides is 1. The van der Waals surface area contributed by atoms with E-state index in [2.05, 4.69) is 18.3 Å². The number of aryl methyl sites for hydroxylation is 1. The van der Waals surface area contributed by atoms with Gasteiger partial charge >= 0.3 is 0 Å². The molecule has 0 bridgehead atoms. The van der Waals surface area contributed by atoms with Gasteiger partial charge < -0.3 is 15.0 Å². The van der Waals surface area contributed by atoms with Crippen LogP contribution in [-0.2, 0) is 4.79 Å². The molecule has 2 rings (SSSR count). The van der Waals surface area contributed by atoms with Gasteiger partial charge in [0.15, 0.2) is 0 Å². The molecule has 1 N–H and O–H groups in total. The smallest absolute Gasteiger partial charge is 0.222 e. The third-order valence-electron chi connectivity index (χ3n) is 4.50. The summed E-state index contributed by atoms with van der Waals surface area (Å²) < 4.78 is 5.72. The molecule has 136 valence electrons. The van der Waals surface area contributed by atoms with Crippen LogP contribution in [0.3, 0.4) is 0 Å². The van der Waals surface area contributed by atoms with Gasteiger partial charge in [0.25, 0.3) is 0 Å². The highest BCUT2D eigenvalue weighted by atomic mass is 35.5. The van der Waals surface area contributed by atoms with Gasteiger partial charge in [-0.1, -0.05) is 12.1 Å². The Morgan fingerprint density at radius 2 is 2.04 bits per heavy atom. The maximum atomic E-state index is 12.2. The zero-order chi connectivity index (χ0) is 16.5. The Hall–Kier alpha value is -1.26. The van der Waals surface area contributed by atoms with Crippen LogP contribution in [0.25, 0.3) is 0 Å². The number of rotatable bonds is 8. The van der Waals surface area contributed by atoms with Crippen molar-refractivity contribution < 1.29 is 9.53 Å². The molecular formula is C19H31ClN2O2. The molecule has 1 amide bonds. The second-order valence-corrected chi connectivity index (χ2v) is 6.50. The highest BCUT2D eigenvalue weighted by Gasteiger charge is 2.21. The van der Waals surface area contributed by atoms with Crippen LogP contribution in [-0.4, -0.2) is 44.1 Å². The van der Waals surface area contributed by atoms with Crippen LogP contribution in [0.15, 0.2) is 24.3 Å². The van der Waals surface area contributed by atoms with Crippen molar-refractivity contribution in [3.63, 3.8) is 0 Å². The van der Waals surface area contributed by atoms with E-state index in [0.29, 0.717) is 18.9 Å². The van der Waals surface area contributed by atoms with E-state index >= 15 is 0 Å². The number of likely N-dealkylation sites (tertiary alicyclic amines) is 1. The van der Waals surface area contributed by atoms with Gasteiger partial charge in [0.2, 0.25) is 5.91 Å². The number of benzene rings is 1. The Bertz CT molecular complexity index is 488. The molecule has 0 saturated carbocycles. The fourth-order valence-corrected chi connectivity index (χ4v) is 3.11. The first kappa shape index (κ1) is 20.8. The topological polar surface area (TPSA) is 41.6 Å². The molecule has 5 heteroatoms. The maximum Gasteiger partial charge on any atom is 0.222 e. The third-order valence-corrected chi connectivity index (χ3v) is 4.50. The van der Waals surface area contributed by atoms with Crippen LogP contribution < -0.4 is 10.1 Å². The first-order valence-corrected chi connectivity index (χ1v) is 8.81. The number of hydrogen-bond donors (Lipinski definition) is 1. The highest BCUT2D eigenvalue weighted by molar-refractivity contribution is 5.85. The fourth-order valence-electron chi connectivity index (χ4n) is 3.11. The summed E-state index contributed by atoms with van der Waals surface area (Å²) in [6, 6.07) is 8.09. The Balaban J connectivity index is 0.00000288. The van der Waals surface area contributed by atoms with Crippen LogP contribution in [0.2, 0.25) is 0 Å². The molecule has 1 aliphatic heterocycles. The molecule has 1 fully saturated rings. The molecule has 0 radical (unpaired) electrons. The number of carbonyl (C=O) groups is 1. The summed E-state index contributed by atoms with van der Waals surface area (Å²) in [4.78, 5) is 14.2. The van der Waals surface area contributed by atoms with Crippen molar-refractivity contribution in [1.29, 1.82) is 0 Å². The van der Waals surface area contributed by atoms with E-state index in [0.717, 1.165) is 57.0 Å². The molecule has 0 unspecified atom stereocenters. The summed E-state index contributed by atoms with van der Waals surface area (Å²) in [7, 11) is 2.00. The summed E-state index contributed by atoms with van der Waals surface area (Å²) in [5.74, 6) is 1.96. The third kappa shape index (κ3) is 7.10. The zero-order valence-electron chi connectivity index (χ0n) is 14.9.